The Hall–Kier alpha value is -0.970. The van der Waals surface area contributed by atoms with Crippen molar-refractivity contribution in [2.45, 2.75) is 38.3 Å². The Bertz CT molecular complexity index is 309. The second-order valence-electron chi connectivity index (χ2n) is 3.76. The maximum Gasteiger partial charge on any atom is 0.282 e. The second kappa shape index (κ2) is 3.31. The fourth-order valence-corrected chi connectivity index (χ4v) is 1.49. The molecule has 1 unspecified atom stereocenters. The highest BCUT2D eigenvalue weighted by Gasteiger charge is 2.29. The van der Waals surface area contributed by atoms with Gasteiger partial charge in [0.15, 0.2) is 0 Å². The van der Waals surface area contributed by atoms with Gasteiger partial charge in [0.1, 0.15) is 5.69 Å². The molecule has 0 aromatic carbocycles. The first-order valence-electron chi connectivity index (χ1n) is 4.72. The lowest BCUT2D eigenvalue weighted by atomic mass is 10.2. The van der Waals surface area contributed by atoms with Crippen LogP contribution in [0, 0.1) is 0 Å². The van der Waals surface area contributed by atoms with E-state index in [9.17, 15) is 8.78 Å². The Morgan fingerprint density at radius 3 is 2.64 bits per heavy atom. The van der Waals surface area contributed by atoms with Gasteiger partial charge in [-0.25, -0.2) is 8.78 Å². The van der Waals surface area contributed by atoms with E-state index < -0.39 is 6.43 Å². The molecule has 1 fully saturated rings. The van der Waals surface area contributed by atoms with Crippen molar-refractivity contribution < 1.29 is 8.78 Å². The van der Waals surface area contributed by atoms with E-state index in [1.165, 1.54) is 6.07 Å². The van der Waals surface area contributed by atoms with Gasteiger partial charge in [0, 0.05) is 6.04 Å². The lowest BCUT2D eigenvalue weighted by Crippen LogP contribution is -2.12. The zero-order valence-electron chi connectivity index (χ0n) is 7.95. The van der Waals surface area contributed by atoms with Crippen LogP contribution in [0.5, 0.6) is 0 Å². The minimum atomic E-state index is -2.51. The Morgan fingerprint density at radius 1 is 1.57 bits per heavy atom. The molecule has 1 aromatic rings. The van der Waals surface area contributed by atoms with Gasteiger partial charge in [-0.15, -0.1) is 0 Å². The summed E-state index contributed by atoms with van der Waals surface area (Å²) in [6.45, 7) is 1.78. The van der Waals surface area contributed by atoms with E-state index in [0.717, 1.165) is 12.8 Å². The Labute approximate surface area is 80.9 Å². The summed E-state index contributed by atoms with van der Waals surface area (Å²) >= 11 is 0. The van der Waals surface area contributed by atoms with Gasteiger partial charge in [0.05, 0.1) is 11.7 Å². The maximum atomic E-state index is 12.4. The molecule has 1 aliphatic rings. The molecule has 1 aromatic heterocycles. The standard InChI is InChI=1S/C9H13F2N3/c1-5(12)8-4-7(9(10)11)13-14(8)6-2-3-6/h4-6,9H,2-3,12H2,1H3. The van der Waals surface area contributed by atoms with Crippen molar-refractivity contribution in [1.82, 2.24) is 9.78 Å². The number of alkyl halides is 2. The lowest BCUT2D eigenvalue weighted by Gasteiger charge is -2.07. The van der Waals surface area contributed by atoms with Crippen LogP contribution in [0.25, 0.3) is 0 Å². The maximum absolute atomic E-state index is 12.4. The summed E-state index contributed by atoms with van der Waals surface area (Å²) in [6, 6.07) is 1.47. The number of halogens is 2. The van der Waals surface area contributed by atoms with Crippen LogP contribution >= 0.6 is 0 Å². The summed E-state index contributed by atoms with van der Waals surface area (Å²) in [5.41, 5.74) is 6.24. The molecule has 78 valence electrons. The Balaban J connectivity index is 2.35. The number of hydrogen-bond acceptors (Lipinski definition) is 2. The lowest BCUT2D eigenvalue weighted by molar-refractivity contribution is 0.145. The van der Waals surface area contributed by atoms with Crippen LogP contribution in [0.15, 0.2) is 6.07 Å². The van der Waals surface area contributed by atoms with E-state index >= 15 is 0 Å². The van der Waals surface area contributed by atoms with E-state index in [-0.39, 0.29) is 11.7 Å². The highest BCUT2D eigenvalue weighted by atomic mass is 19.3. The van der Waals surface area contributed by atoms with E-state index in [1.54, 1.807) is 11.6 Å². The molecule has 2 rings (SSSR count). The fourth-order valence-electron chi connectivity index (χ4n) is 1.49. The molecule has 0 aliphatic heterocycles. The first kappa shape index (κ1) is 9.58. The summed E-state index contributed by atoms with van der Waals surface area (Å²) in [5, 5.41) is 3.88. The normalized spacial score (nSPS) is 18.9. The molecule has 1 heterocycles. The predicted octanol–water partition coefficient (Wildman–Crippen LogP) is 2.18. The van der Waals surface area contributed by atoms with E-state index in [4.69, 9.17) is 5.73 Å². The molecule has 1 atom stereocenters. The van der Waals surface area contributed by atoms with Crippen LogP contribution in [-0.2, 0) is 0 Å². The zero-order chi connectivity index (χ0) is 10.3. The topological polar surface area (TPSA) is 43.8 Å². The highest BCUT2D eigenvalue weighted by Crippen LogP contribution is 2.37. The number of hydrogen-bond donors (Lipinski definition) is 1. The number of aromatic nitrogens is 2. The molecule has 1 aliphatic carbocycles. The molecular formula is C9H13F2N3. The monoisotopic (exact) mass is 201 g/mol. The molecule has 0 spiro atoms. The molecule has 5 heteroatoms. The number of nitrogens with two attached hydrogens (primary N) is 1. The van der Waals surface area contributed by atoms with Crippen molar-refractivity contribution in [3.05, 3.63) is 17.5 Å². The van der Waals surface area contributed by atoms with Crippen molar-refractivity contribution >= 4 is 0 Å². The van der Waals surface area contributed by atoms with E-state index in [2.05, 4.69) is 5.10 Å². The third-order valence-corrected chi connectivity index (χ3v) is 2.37. The largest absolute Gasteiger partial charge is 0.323 e. The molecule has 0 bridgehead atoms. The minimum Gasteiger partial charge on any atom is -0.323 e. The summed E-state index contributed by atoms with van der Waals surface area (Å²) in [7, 11) is 0. The van der Waals surface area contributed by atoms with Gasteiger partial charge in [-0.2, -0.15) is 5.10 Å². The van der Waals surface area contributed by atoms with Crippen LogP contribution in [0.2, 0.25) is 0 Å². The summed E-state index contributed by atoms with van der Waals surface area (Å²) in [6.07, 6.45) is -0.471. The van der Waals surface area contributed by atoms with Gasteiger partial charge in [0.2, 0.25) is 0 Å². The quantitative estimate of drug-likeness (QED) is 0.814. The second-order valence-corrected chi connectivity index (χ2v) is 3.76. The molecule has 0 amide bonds. The van der Waals surface area contributed by atoms with Crippen molar-refractivity contribution in [2.75, 3.05) is 0 Å². The van der Waals surface area contributed by atoms with Gasteiger partial charge in [-0.3, -0.25) is 4.68 Å². The molecule has 1 saturated carbocycles. The fraction of sp³-hybridized carbons (Fsp3) is 0.667. The number of rotatable bonds is 3. The van der Waals surface area contributed by atoms with Crippen molar-refractivity contribution in [3.63, 3.8) is 0 Å². The summed E-state index contributed by atoms with van der Waals surface area (Å²) in [4.78, 5) is 0. The van der Waals surface area contributed by atoms with Crippen LogP contribution in [0.4, 0.5) is 8.78 Å². The van der Waals surface area contributed by atoms with Gasteiger partial charge in [0.25, 0.3) is 6.43 Å². The molecule has 3 nitrogen and oxygen atoms in total. The smallest absolute Gasteiger partial charge is 0.282 e. The number of nitrogens with zero attached hydrogens (tertiary/aromatic N) is 2. The van der Waals surface area contributed by atoms with Crippen LogP contribution in [0.3, 0.4) is 0 Å². The SMILES string of the molecule is CC(N)c1cc(C(F)F)nn1C1CC1. The average Bonchev–Trinajstić information content (AvgIpc) is 2.83. The molecular weight excluding hydrogens is 188 g/mol. The third kappa shape index (κ3) is 1.64. The van der Waals surface area contributed by atoms with E-state index in [1.807, 2.05) is 0 Å². The Kier molecular flexibility index (Phi) is 2.26. The van der Waals surface area contributed by atoms with Crippen molar-refractivity contribution in [2.24, 2.45) is 5.73 Å². The summed E-state index contributed by atoms with van der Waals surface area (Å²) in [5.74, 6) is 0. The van der Waals surface area contributed by atoms with Crippen LogP contribution in [-0.4, -0.2) is 9.78 Å². The van der Waals surface area contributed by atoms with Gasteiger partial charge < -0.3 is 5.73 Å². The van der Waals surface area contributed by atoms with Gasteiger partial charge in [-0.05, 0) is 25.8 Å². The third-order valence-electron chi connectivity index (χ3n) is 2.37. The average molecular weight is 201 g/mol. The molecule has 2 N–H and O–H groups in total. The van der Waals surface area contributed by atoms with Gasteiger partial charge in [-0.1, -0.05) is 0 Å². The highest BCUT2D eigenvalue weighted by molar-refractivity contribution is 5.16. The van der Waals surface area contributed by atoms with Crippen molar-refractivity contribution in [3.8, 4) is 0 Å². The zero-order valence-corrected chi connectivity index (χ0v) is 7.95. The van der Waals surface area contributed by atoms with Crippen LogP contribution < -0.4 is 5.73 Å². The molecule has 0 saturated heterocycles. The van der Waals surface area contributed by atoms with Gasteiger partial charge >= 0.3 is 0 Å². The summed E-state index contributed by atoms with van der Waals surface area (Å²) < 4.78 is 26.4. The first-order valence-corrected chi connectivity index (χ1v) is 4.72. The van der Waals surface area contributed by atoms with Crippen LogP contribution in [0.1, 0.15) is 49.7 Å². The minimum absolute atomic E-state index is 0.163. The Morgan fingerprint density at radius 2 is 2.21 bits per heavy atom. The molecule has 14 heavy (non-hydrogen) atoms. The van der Waals surface area contributed by atoms with Crippen molar-refractivity contribution in [1.29, 1.82) is 0 Å². The van der Waals surface area contributed by atoms with E-state index in [0.29, 0.717) is 11.7 Å². The predicted molar refractivity (Wildman–Crippen MR) is 48.1 cm³/mol. The first-order chi connectivity index (χ1) is 6.59. The molecule has 0 radical (unpaired) electrons.